The minimum Gasteiger partial charge on any atom is -0.345 e. The Balaban J connectivity index is 1.28. The number of anilines is 1. The second kappa shape index (κ2) is 8.90. The predicted molar refractivity (Wildman–Crippen MR) is 122 cm³/mol. The lowest BCUT2D eigenvalue weighted by Gasteiger charge is -2.27. The molecule has 5 rings (SSSR count). The largest absolute Gasteiger partial charge is 0.345 e. The number of benzene rings is 2. The van der Waals surface area contributed by atoms with Crippen molar-refractivity contribution in [2.75, 3.05) is 5.01 Å². The summed E-state index contributed by atoms with van der Waals surface area (Å²) < 4.78 is 2.03. The predicted octanol–water partition coefficient (Wildman–Crippen LogP) is 2.90. The van der Waals surface area contributed by atoms with Crippen LogP contribution in [0.2, 0.25) is 0 Å². The Kier molecular flexibility index (Phi) is 5.64. The van der Waals surface area contributed by atoms with E-state index in [4.69, 9.17) is 0 Å². The van der Waals surface area contributed by atoms with Gasteiger partial charge in [0, 0.05) is 29.7 Å². The van der Waals surface area contributed by atoms with E-state index in [1.54, 1.807) is 24.3 Å². The first kappa shape index (κ1) is 20.9. The second-order valence-electron chi connectivity index (χ2n) is 8.42. The number of hydrazine groups is 1. The van der Waals surface area contributed by atoms with Crippen molar-refractivity contribution in [3.05, 3.63) is 83.2 Å². The fourth-order valence-corrected chi connectivity index (χ4v) is 4.45. The molecule has 1 aliphatic carbocycles. The van der Waals surface area contributed by atoms with Crippen LogP contribution in [0.4, 0.5) is 5.69 Å². The zero-order valence-electron chi connectivity index (χ0n) is 18.2. The van der Waals surface area contributed by atoms with Gasteiger partial charge in [0.1, 0.15) is 0 Å². The average Bonchev–Trinajstić information content (AvgIpc) is 3.25. The van der Waals surface area contributed by atoms with Crippen LogP contribution in [-0.4, -0.2) is 27.5 Å². The number of hydrogen-bond donors (Lipinski definition) is 2. The van der Waals surface area contributed by atoms with E-state index in [1.165, 1.54) is 16.3 Å². The van der Waals surface area contributed by atoms with E-state index in [0.717, 1.165) is 24.8 Å². The van der Waals surface area contributed by atoms with E-state index in [0.29, 0.717) is 17.8 Å². The molecular weight excluding hydrogens is 418 g/mol. The highest BCUT2D eigenvalue weighted by molar-refractivity contribution is 6.01. The molecular formula is C25H25N5O3. The van der Waals surface area contributed by atoms with E-state index >= 15 is 0 Å². The number of fused-ring (bicyclic) bond motifs is 1. The number of carbonyl (C=O) groups is 3. The van der Waals surface area contributed by atoms with E-state index in [1.807, 2.05) is 29.1 Å². The van der Waals surface area contributed by atoms with Crippen LogP contribution >= 0.6 is 0 Å². The maximum Gasteiger partial charge on any atom is 0.251 e. The molecule has 0 saturated carbocycles. The minimum absolute atomic E-state index is 0.0894. The number of hydrogen-bond acceptors (Lipinski definition) is 4. The van der Waals surface area contributed by atoms with Crippen molar-refractivity contribution in [2.45, 2.75) is 44.7 Å². The molecule has 8 heteroatoms. The number of aromatic nitrogens is 2. The van der Waals surface area contributed by atoms with Crippen LogP contribution in [0, 0.1) is 0 Å². The number of nitrogens with zero attached hydrogens (tertiary/aromatic N) is 3. The normalized spacial score (nSPS) is 17.9. The van der Waals surface area contributed by atoms with Crippen molar-refractivity contribution in [1.29, 1.82) is 0 Å². The molecule has 0 spiro atoms. The van der Waals surface area contributed by atoms with Gasteiger partial charge in [-0.25, -0.2) is 5.01 Å². The molecule has 2 heterocycles. The van der Waals surface area contributed by atoms with Crippen molar-refractivity contribution in [1.82, 2.24) is 20.5 Å². The van der Waals surface area contributed by atoms with Crippen molar-refractivity contribution < 1.29 is 14.4 Å². The zero-order valence-corrected chi connectivity index (χ0v) is 18.2. The standard InChI is InChI=1S/C25H25N5O3/c31-23-13-14-24(32)30(28-23)19-11-9-18(10-12-19)25(33)27-21-7-4-8-22-20(21)15-26-29(22)16-17-5-2-1-3-6-17/h1-3,5-6,9-12,15,21H,4,7-8,13-14,16H2,(H,27,33)(H,28,31). The molecule has 8 nitrogen and oxygen atoms in total. The molecule has 1 aromatic heterocycles. The van der Waals surface area contributed by atoms with Crippen LogP contribution in [0.1, 0.15) is 58.9 Å². The molecule has 1 atom stereocenters. The Bertz CT molecular complexity index is 1190. The van der Waals surface area contributed by atoms with Gasteiger partial charge < -0.3 is 5.32 Å². The van der Waals surface area contributed by atoms with Gasteiger partial charge >= 0.3 is 0 Å². The SMILES string of the molecule is O=C1CCC(=O)N(c2ccc(C(=O)NC3CCCc4c3cnn4Cc3ccccc3)cc2)N1. The quantitative estimate of drug-likeness (QED) is 0.634. The molecule has 168 valence electrons. The number of nitrogens with one attached hydrogen (secondary N) is 2. The van der Waals surface area contributed by atoms with Crippen molar-refractivity contribution in [3.63, 3.8) is 0 Å². The maximum atomic E-state index is 12.9. The zero-order chi connectivity index (χ0) is 22.8. The van der Waals surface area contributed by atoms with Gasteiger partial charge in [-0.05, 0) is 49.1 Å². The summed E-state index contributed by atoms with van der Waals surface area (Å²) in [5.74, 6) is -0.546. The number of rotatable bonds is 5. The van der Waals surface area contributed by atoms with Crippen molar-refractivity contribution in [3.8, 4) is 0 Å². The second-order valence-corrected chi connectivity index (χ2v) is 8.42. The first-order valence-electron chi connectivity index (χ1n) is 11.2. The molecule has 3 amide bonds. The van der Waals surface area contributed by atoms with Crippen LogP contribution in [0.15, 0.2) is 60.8 Å². The topological polar surface area (TPSA) is 96.3 Å². The highest BCUT2D eigenvalue weighted by Crippen LogP contribution is 2.30. The van der Waals surface area contributed by atoms with Gasteiger partial charge in [0.2, 0.25) is 11.8 Å². The summed E-state index contributed by atoms with van der Waals surface area (Å²) in [6.45, 7) is 0.712. The molecule has 33 heavy (non-hydrogen) atoms. The van der Waals surface area contributed by atoms with Crippen LogP contribution in [-0.2, 0) is 22.6 Å². The highest BCUT2D eigenvalue weighted by atomic mass is 16.2. The Morgan fingerprint density at radius 3 is 2.61 bits per heavy atom. The Labute approximate surface area is 191 Å². The summed E-state index contributed by atoms with van der Waals surface area (Å²) in [7, 11) is 0. The van der Waals surface area contributed by atoms with E-state index in [9.17, 15) is 14.4 Å². The molecule has 0 radical (unpaired) electrons. The third-order valence-electron chi connectivity index (χ3n) is 6.18. The van der Waals surface area contributed by atoms with Gasteiger partial charge in [-0.2, -0.15) is 5.10 Å². The molecule has 1 saturated heterocycles. The van der Waals surface area contributed by atoms with Crippen molar-refractivity contribution in [2.24, 2.45) is 0 Å². The molecule has 2 aliphatic rings. The fraction of sp³-hybridized carbons (Fsp3) is 0.280. The molecule has 3 aromatic rings. The van der Waals surface area contributed by atoms with Crippen molar-refractivity contribution >= 4 is 23.4 Å². The summed E-state index contributed by atoms with van der Waals surface area (Å²) >= 11 is 0. The lowest BCUT2D eigenvalue weighted by Crippen LogP contribution is -2.50. The van der Waals surface area contributed by atoms with E-state index in [-0.39, 0.29) is 36.6 Å². The van der Waals surface area contributed by atoms with Crippen LogP contribution < -0.4 is 15.8 Å². The van der Waals surface area contributed by atoms with Crippen LogP contribution in [0.5, 0.6) is 0 Å². The van der Waals surface area contributed by atoms with Gasteiger partial charge in [-0.15, -0.1) is 0 Å². The Morgan fingerprint density at radius 2 is 1.82 bits per heavy atom. The first-order chi connectivity index (χ1) is 16.1. The summed E-state index contributed by atoms with van der Waals surface area (Å²) in [5.41, 5.74) is 7.03. The third kappa shape index (κ3) is 4.37. The van der Waals surface area contributed by atoms with Gasteiger partial charge in [0.15, 0.2) is 0 Å². The monoisotopic (exact) mass is 443 g/mol. The molecule has 2 aromatic carbocycles. The Morgan fingerprint density at radius 1 is 1.03 bits per heavy atom. The first-order valence-corrected chi connectivity index (χ1v) is 11.2. The van der Waals surface area contributed by atoms with Crippen LogP contribution in [0.25, 0.3) is 0 Å². The molecule has 0 bridgehead atoms. The molecule has 1 unspecified atom stereocenters. The summed E-state index contributed by atoms with van der Waals surface area (Å²) in [6, 6.07) is 16.8. The van der Waals surface area contributed by atoms with Gasteiger partial charge in [0.05, 0.1) is 24.5 Å². The number of amides is 3. The Hall–Kier alpha value is -3.94. The fourth-order valence-electron chi connectivity index (χ4n) is 4.45. The maximum absolute atomic E-state index is 12.9. The van der Waals surface area contributed by atoms with Gasteiger partial charge in [-0.1, -0.05) is 30.3 Å². The van der Waals surface area contributed by atoms with Crippen LogP contribution in [0.3, 0.4) is 0 Å². The van der Waals surface area contributed by atoms with E-state index < -0.39 is 0 Å². The third-order valence-corrected chi connectivity index (χ3v) is 6.18. The highest BCUT2D eigenvalue weighted by Gasteiger charge is 2.27. The van der Waals surface area contributed by atoms with Gasteiger partial charge in [-0.3, -0.25) is 24.5 Å². The summed E-state index contributed by atoms with van der Waals surface area (Å²) in [6.07, 6.45) is 5.03. The van der Waals surface area contributed by atoms with Gasteiger partial charge in [0.25, 0.3) is 5.91 Å². The van der Waals surface area contributed by atoms with E-state index in [2.05, 4.69) is 28.0 Å². The smallest absolute Gasteiger partial charge is 0.251 e. The average molecular weight is 444 g/mol. The molecule has 1 aliphatic heterocycles. The lowest BCUT2D eigenvalue weighted by atomic mass is 9.92. The summed E-state index contributed by atoms with van der Waals surface area (Å²) in [4.78, 5) is 36.6. The minimum atomic E-state index is -0.197. The molecule has 2 N–H and O–H groups in total. The summed E-state index contributed by atoms with van der Waals surface area (Å²) in [5, 5.41) is 8.97. The number of carbonyl (C=O) groups excluding carboxylic acids is 3. The lowest BCUT2D eigenvalue weighted by molar-refractivity contribution is -0.130. The molecule has 1 fully saturated rings.